The van der Waals surface area contributed by atoms with E-state index in [2.05, 4.69) is 18.6 Å². The fourth-order valence-electron chi connectivity index (χ4n) is 1.23. The van der Waals surface area contributed by atoms with Gasteiger partial charge in [-0.05, 0) is 30.2 Å². The maximum Gasteiger partial charge on any atom is 0.240 e. The third kappa shape index (κ3) is 4.84. The molecule has 1 aromatic rings. The van der Waals surface area contributed by atoms with E-state index in [1.165, 1.54) is 12.1 Å². The van der Waals surface area contributed by atoms with Crippen LogP contribution in [-0.2, 0) is 10.0 Å². The minimum Gasteiger partial charge on any atom is -0.493 e. The topological polar surface area (TPSA) is 55.4 Å². The van der Waals surface area contributed by atoms with Crippen LogP contribution in [0, 0.1) is 5.92 Å². The molecule has 0 unspecified atom stereocenters. The lowest BCUT2D eigenvalue weighted by Crippen LogP contribution is -2.25. The zero-order valence-corrected chi connectivity index (χ0v) is 12.1. The van der Waals surface area contributed by atoms with E-state index in [-0.39, 0.29) is 17.3 Å². The molecule has 18 heavy (non-hydrogen) atoms. The quantitative estimate of drug-likeness (QED) is 0.784. The van der Waals surface area contributed by atoms with Crippen molar-refractivity contribution in [2.45, 2.75) is 18.7 Å². The number of ether oxygens (including phenoxy) is 1. The highest BCUT2D eigenvalue weighted by Crippen LogP contribution is 2.16. The SMILES string of the molecule is CC(C)COc1ccc(S(=O)(=O)NCCCl)cc1. The number of hydrogen-bond donors (Lipinski definition) is 1. The van der Waals surface area contributed by atoms with Crippen molar-refractivity contribution in [3.8, 4) is 5.75 Å². The van der Waals surface area contributed by atoms with E-state index in [1.54, 1.807) is 12.1 Å². The summed E-state index contributed by atoms with van der Waals surface area (Å²) < 4.78 is 31.4. The van der Waals surface area contributed by atoms with E-state index >= 15 is 0 Å². The lowest BCUT2D eigenvalue weighted by atomic mass is 10.2. The van der Waals surface area contributed by atoms with Crippen molar-refractivity contribution >= 4 is 21.6 Å². The van der Waals surface area contributed by atoms with Crippen LogP contribution in [0.2, 0.25) is 0 Å². The van der Waals surface area contributed by atoms with Gasteiger partial charge in [0, 0.05) is 12.4 Å². The van der Waals surface area contributed by atoms with Crippen LogP contribution in [0.4, 0.5) is 0 Å². The van der Waals surface area contributed by atoms with Crippen LogP contribution < -0.4 is 9.46 Å². The summed E-state index contributed by atoms with van der Waals surface area (Å²) >= 11 is 5.44. The van der Waals surface area contributed by atoms with Crippen molar-refractivity contribution in [3.63, 3.8) is 0 Å². The molecule has 1 N–H and O–H groups in total. The fourth-order valence-corrected chi connectivity index (χ4v) is 2.47. The predicted molar refractivity (Wildman–Crippen MR) is 72.7 cm³/mol. The Morgan fingerprint density at radius 2 is 1.89 bits per heavy atom. The van der Waals surface area contributed by atoms with E-state index in [4.69, 9.17) is 16.3 Å². The van der Waals surface area contributed by atoms with Gasteiger partial charge in [0.25, 0.3) is 0 Å². The molecule has 4 nitrogen and oxygen atoms in total. The van der Waals surface area contributed by atoms with Gasteiger partial charge in [-0.25, -0.2) is 13.1 Å². The van der Waals surface area contributed by atoms with Crippen LogP contribution in [0.5, 0.6) is 5.75 Å². The maximum atomic E-state index is 11.8. The Kier molecular flexibility index (Phi) is 5.91. The highest BCUT2D eigenvalue weighted by molar-refractivity contribution is 7.89. The maximum absolute atomic E-state index is 11.8. The van der Waals surface area contributed by atoms with Crippen molar-refractivity contribution in [2.75, 3.05) is 19.0 Å². The predicted octanol–water partition coefficient (Wildman–Crippen LogP) is 2.24. The van der Waals surface area contributed by atoms with Crippen molar-refractivity contribution in [3.05, 3.63) is 24.3 Å². The molecule has 1 rings (SSSR count). The number of nitrogens with one attached hydrogen (secondary N) is 1. The van der Waals surface area contributed by atoms with Crippen LogP contribution >= 0.6 is 11.6 Å². The first-order valence-corrected chi connectivity index (χ1v) is 7.76. The molecule has 6 heteroatoms. The molecule has 0 heterocycles. The fraction of sp³-hybridized carbons (Fsp3) is 0.500. The van der Waals surface area contributed by atoms with E-state index < -0.39 is 10.0 Å². The van der Waals surface area contributed by atoms with Crippen molar-refractivity contribution in [2.24, 2.45) is 5.92 Å². The Balaban J connectivity index is 2.70. The first kappa shape index (κ1) is 15.3. The summed E-state index contributed by atoms with van der Waals surface area (Å²) in [4.78, 5) is 0.213. The molecule has 0 amide bonds. The van der Waals surface area contributed by atoms with Crippen LogP contribution in [0.1, 0.15) is 13.8 Å². The van der Waals surface area contributed by atoms with Crippen LogP contribution in [0.15, 0.2) is 29.2 Å². The molecule has 1 aromatic carbocycles. The third-order valence-electron chi connectivity index (χ3n) is 2.10. The third-order valence-corrected chi connectivity index (χ3v) is 3.77. The number of rotatable bonds is 7. The van der Waals surface area contributed by atoms with Gasteiger partial charge in [0.1, 0.15) is 5.75 Å². The minimum absolute atomic E-state index is 0.213. The number of hydrogen-bond acceptors (Lipinski definition) is 3. The zero-order valence-electron chi connectivity index (χ0n) is 10.5. The second kappa shape index (κ2) is 6.97. The van der Waals surface area contributed by atoms with Crippen LogP contribution in [-0.4, -0.2) is 27.4 Å². The molecule has 102 valence electrons. The van der Waals surface area contributed by atoms with Gasteiger partial charge in [0.2, 0.25) is 10.0 Å². The smallest absolute Gasteiger partial charge is 0.240 e. The van der Waals surface area contributed by atoms with Gasteiger partial charge >= 0.3 is 0 Å². The van der Waals surface area contributed by atoms with Gasteiger partial charge in [-0.15, -0.1) is 11.6 Å². The summed E-state index contributed by atoms with van der Waals surface area (Å²) in [6.07, 6.45) is 0. The molecule has 0 saturated heterocycles. The molecule has 0 bridgehead atoms. The normalized spacial score (nSPS) is 11.8. The largest absolute Gasteiger partial charge is 0.493 e. The van der Waals surface area contributed by atoms with Gasteiger partial charge in [-0.1, -0.05) is 13.8 Å². The van der Waals surface area contributed by atoms with Gasteiger partial charge in [0.05, 0.1) is 11.5 Å². The summed E-state index contributed by atoms with van der Waals surface area (Å²) in [5, 5.41) is 0. The van der Waals surface area contributed by atoms with Gasteiger partial charge in [-0.2, -0.15) is 0 Å². The summed E-state index contributed by atoms with van der Waals surface area (Å²) in [5.74, 6) is 1.34. The van der Waals surface area contributed by atoms with Gasteiger partial charge in [0.15, 0.2) is 0 Å². The molecule has 0 aromatic heterocycles. The molecule has 0 aliphatic carbocycles. The van der Waals surface area contributed by atoms with Crippen molar-refractivity contribution in [1.82, 2.24) is 4.72 Å². The highest BCUT2D eigenvalue weighted by atomic mass is 35.5. The van der Waals surface area contributed by atoms with Crippen molar-refractivity contribution < 1.29 is 13.2 Å². The summed E-state index contributed by atoms with van der Waals surface area (Å²) in [6.45, 7) is 4.93. The van der Waals surface area contributed by atoms with E-state index in [0.29, 0.717) is 18.3 Å². The second-order valence-electron chi connectivity index (χ2n) is 4.26. The molecule has 0 aliphatic rings. The summed E-state index contributed by atoms with van der Waals surface area (Å²) in [7, 11) is -3.46. The Bertz CT molecular complexity index is 457. The first-order valence-electron chi connectivity index (χ1n) is 5.74. The van der Waals surface area contributed by atoms with E-state index in [9.17, 15) is 8.42 Å². The van der Waals surface area contributed by atoms with Gasteiger partial charge in [-0.3, -0.25) is 0 Å². The standard InChI is InChI=1S/C12H18ClNO3S/c1-10(2)9-17-11-3-5-12(6-4-11)18(15,16)14-8-7-13/h3-6,10,14H,7-9H2,1-2H3. The molecular weight excluding hydrogens is 274 g/mol. The first-order chi connectivity index (χ1) is 8.45. The summed E-state index contributed by atoms with van der Waals surface area (Å²) in [5.41, 5.74) is 0. The Hall–Kier alpha value is -0.780. The molecule has 0 fully saturated rings. The van der Waals surface area contributed by atoms with Gasteiger partial charge < -0.3 is 4.74 Å². The highest BCUT2D eigenvalue weighted by Gasteiger charge is 2.12. The van der Waals surface area contributed by atoms with E-state index in [0.717, 1.165) is 0 Å². The molecule has 0 aliphatic heterocycles. The lowest BCUT2D eigenvalue weighted by Gasteiger charge is -2.09. The number of sulfonamides is 1. The second-order valence-corrected chi connectivity index (χ2v) is 6.41. The van der Waals surface area contributed by atoms with Crippen LogP contribution in [0.25, 0.3) is 0 Å². The number of benzene rings is 1. The summed E-state index contributed by atoms with van der Waals surface area (Å²) in [6, 6.07) is 6.34. The molecular formula is C12H18ClNO3S. The average Bonchev–Trinajstić information content (AvgIpc) is 2.34. The Morgan fingerprint density at radius 1 is 1.28 bits per heavy atom. The Morgan fingerprint density at radius 3 is 2.39 bits per heavy atom. The average molecular weight is 292 g/mol. The zero-order chi connectivity index (χ0) is 13.6. The number of alkyl halides is 1. The molecule has 0 saturated carbocycles. The minimum atomic E-state index is -3.46. The van der Waals surface area contributed by atoms with E-state index in [1.807, 2.05) is 0 Å². The van der Waals surface area contributed by atoms with Crippen molar-refractivity contribution in [1.29, 1.82) is 0 Å². The Labute approximate surface area is 113 Å². The van der Waals surface area contributed by atoms with Crippen LogP contribution in [0.3, 0.4) is 0 Å². The monoisotopic (exact) mass is 291 g/mol. The molecule has 0 spiro atoms. The molecule has 0 radical (unpaired) electrons. The lowest BCUT2D eigenvalue weighted by molar-refractivity contribution is 0.271. The number of halogens is 1. The molecule has 0 atom stereocenters.